The first-order chi connectivity index (χ1) is 7.58. The van der Waals surface area contributed by atoms with Crippen LogP contribution in [0.3, 0.4) is 0 Å². The fraction of sp³-hybridized carbons (Fsp3) is 0.500. The number of hydrogen-bond acceptors (Lipinski definition) is 5. The van der Waals surface area contributed by atoms with Gasteiger partial charge in [-0.1, -0.05) is 0 Å². The lowest BCUT2D eigenvalue weighted by molar-refractivity contribution is 0.101. The smallest absolute Gasteiger partial charge is 0.196 e. The Kier molecular flexibility index (Phi) is 4.71. The first-order valence-corrected chi connectivity index (χ1v) is 6.15. The van der Waals surface area contributed by atoms with Crippen LogP contribution in [0.15, 0.2) is 5.38 Å². The van der Waals surface area contributed by atoms with Crippen LogP contribution in [0.2, 0.25) is 0 Å². The van der Waals surface area contributed by atoms with Crippen LogP contribution in [0.4, 0.5) is 5.13 Å². The zero-order valence-electron chi connectivity index (χ0n) is 9.11. The van der Waals surface area contributed by atoms with Gasteiger partial charge in [-0.15, -0.1) is 22.9 Å². The molecule has 1 heterocycles. The molecule has 0 amide bonds. The van der Waals surface area contributed by atoms with Gasteiger partial charge in [0.25, 0.3) is 0 Å². The highest BCUT2D eigenvalue weighted by molar-refractivity contribution is 7.13. The maximum atomic E-state index is 11.3. The SMILES string of the molecule is CC(C#N)CN(C)c1nc(C(=O)CCl)cs1. The normalized spacial score (nSPS) is 11.9. The summed E-state index contributed by atoms with van der Waals surface area (Å²) >= 11 is 6.82. The summed E-state index contributed by atoms with van der Waals surface area (Å²) in [5.74, 6) is -0.298. The van der Waals surface area contributed by atoms with Crippen molar-refractivity contribution < 1.29 is 4.79 Å². The molecule has 1 unspecified atom stereocenters. The number of ketones is 1. The predicted octanol–water partition coefficient (Wildman–Crippen LogP) is 2.16. The lowest BCUT2D eigenvalue weighted by Gasteiger charge is -2.16. The number of nitriles is 1. The van der Waals surface area contributed by atoms with Crippen molar-refractivity contribution in [2.45, 2.75) is 6.92 Å². The Labute approximate surface area is 103 Å². The number of halogens is 1. The monoisotopic (exact) mass is 257 g/mol. The Morgan fingerprint density at radius 1 is 1.81 bits per heavy atom. The van der Waals surface area contributed by atoms with E-state index >= 15 is 0 Å². The van der Waals surface area contributed by atoms with E-state index in [0.29, 0.717) is 12.2 Å². The summed E-state index contributed by atoms with van der Waals surface area (Å²) in [6.45, 7) is 2.44. The molecule has 1 aromatic heterocycles. The van der Waals surface area contributed by atoms with Crippen molar-refractivity contribution in [3.63, 3.8) is 0 Å². The summed E-state index contributed by atoms with van der Waals surface area (Å²) < 4.78 is 0. The van der Waals surface area contributed by atoms with Gasteiger partial charge in [0.15, 0.2) is 10.9 Å². The lowest BCUT2D eigenvalue weighted by atomic mass is 10.2. The molecule has 0 aliphatic carbocycles. The van der Waals surface area contributed by atoms with Crippen molar-refractivity contribution in [2.24, 2.45) is 5.92 Å². The standard InChI is InChI=1S/C10H12ClN3OS/c1-7(4-12)5-14(2)10-13-8(6-16-10)9(15)3-11/h6-7H,3,5H2,1-2H3. The molecule has 0 fully saturated rings. The summed E-state index contributed by atoms with van der Waals surface area (Å²) in [5, 5.41) is 11.1. The van der Waals surface area contributed by atoms with Crippen LogP contribution in [0.25, 0.3) is 0 Å². The Hall–Kier alpha value is -1.12. The number of Topliss-reactive ketones (excluding diaryl/α,β-unsaturated/α-hetero) is 1. The van der Waals surface area contributed by atoms with Crippen LogP contribution in [-0.4, -0.2) is 30.2 Å². The van der Waals surface area contributed by atoms with E-state index in [4.69, 9.17) is 16.9 Å². The summed E-state index contributed by atoms with van der Waals surface area (Å²) in [6.07, 6.45) is 0. The van der Waals surface area contributed by atoms with Gasteiger partial charge in [0.05, 0.1) is 17.9 Å². The third-order valence-electron chi connectivity index (χ3n) is 1.99. The quantitative estimate of drug-likeness (QED) is 0.599. The first kappa shape index (κ1) is 12.9. The maximum Gasteiger partial charge on any atom is 0.196 e. The summed E-state index contributed by atoms with van der Waals surface area (Å²) in [5.41, 5.74) is 0.395. The number of carbonyl (C=O) groups excluding carboxylic acids is 1. The molecule has 0 saturated heterocycles. The van der Waals surface area contributed by atoms with Crippen molar-refractivity contribution in [3.05, 3.63) is 11.1 Å². The highest BCUT2D eigenvalue weighted by atomic mass is 35.5. The molecule has 16 heavy (non-hydrogen) atoms. The van der Waals surface area contributed by atoms with Gasteiger partial charge >= 0.3 is 0 Å². The van der Waals surface area contributed by atoms with E-state index in [0.717, 1.165) is 5.13 Å². The highest BCUT2D eigenvalue weighted by Crippen LogP contribution is 2.20. The number of hydrogen-bond donors (Lipinski definition) is 0. The zero-order chi connectivity index (χ0) is 12.1. The van der Waals surface area contributed by atoms with E-state index in [-0.39, 0.29) is 17.6 Å². The molecule has 0 aromatic carbocycles. The third-order valence-corrected chi connectivity index (χ3v) is 3.19. The number of carbonyl (C=O) groups is 1. The fourth-order valence-electron chi connectivity index (χ4n) is 1.17. The van der Waals surface area contributed by atoms with Gasteiger partial charge in [0, 0.05) is 19.0 Å². The summed E-state index contributed by atoms with van der Waals surface area (Å²) in [4.78, 5) is 17.3. The van der Waals surface area contributed by atoms with Crippen LogP contribution < -0.4 is 4.90 Å². The van der Waals surface area contributed by atoms with E-state index < -0.39 is 0 Å². The van der Waals surface area contributed by atoms with E-state index in [1.54, 1.807) is 5.38 Å². The van der Waals surface area contributed by atoms with E-state index in [9.17, 15) is 4.79 Å². The van der Waals surface area contributed by atoms with E-state index in [1.807, 2.05) is 18.9 Å². The molecule has 0 spiro atoms. The average molecular weight is 258 g/mol. The van der Waals surface area contributed by atoms with Crippen LogP contribution >= 0.6 is 22.9 Å². The Morgan fingerprint density at radius 3 is 3.06 bits per heavy atom. The number of alkyl halides is 1. The largest absolute Gasteiger partial charge is 0.350 e. The number of thiazole rings is 1. The molecule has 0 radical (unpaired) electrons. The zero-order valence-corrected chi connectivity index (χ0v) is 10.7. The third kappa shape index (κ3) is 3.19. The molecule has 0 aliphatic heterocycles. The van der Waals surface area contributed by atoms with Gasteiger partial charge in [0.1, 0.15) is 5.69 Å². The second-order valence-corrected chi connectivity index (χ2v) is 4.59. The first-order valence-electron chi connectivity index (χ1n) is 4.74. The number of aromatic nitrogens is 1. The van der Waals surface area contributed by atoms with Gasteiger partial charge in [-0.2, -0.15) is 5.26 Å². The predicted molar refractivity (Wildman–Crippen MR) is 65.2 cm³/mol. The van der Waals surface area contributed by atoms with Crippen LogP contribution in [0.5, 0.6) is 0 Å². The molecule has 0 bridgehead atoms. The number of rotatable bonds is 5. The Bertz CT molecular complexity index is 412. The molecular formula is C10H12ClN3OS. The highest BCUT2D eigenvalue weighted by Gasteiger charge is 2.13. The molecule has 0 N–H and O–H groups in total. The van der Waals surface area contributed by atoms with Gasteiger partial charge in [-0.05, 0) is 6.92 Å². The topological polar surface area (TPSA) is 57.0 Å². The molecule has 1 atom stereocenters. The summed E-state index contributed by atoms with van der Waals surface area (Å²) in [7, 11) is 1.85. The van der Waals surface area contributed by atoms with Crippen LogP contribution in [0, 0.1) is 17.2 Å². The van der Waals surface area contributed by atoms with Gasteiger partial charge in [-0.3, -0.25) is 4.79 Å². The number of nitrogens with zero attached hydrogens (tertiary/aromatic N) is 3. The van der Waals surface area contributed by atoms with E-state index in [1.165, 1.54) is 11.3 Å². The molecule has 6 heteroatoms. The number of anilines is 1. The maximum absolute atomic E-state index is 11.3. The Balaban J connectivity index is 2.71. The van der Waals surface area contributed by atoms with Crippen molar-refractivity contribution in [2.75, 3.05) is 24.4 Å². The van der Waals surface area contributed by atoms with E-state index in [2.05, 4.69) is 11.1 Å². The van der Waals surface area contributed by atoms with Gasteiger partial charge < -0.3 is 4.90 Å². The Morgan fingerprint density at radius 2 is 2.50 bits per heavy atom. The molecular weight excluding hydrogens is 246 g/mol. The molecule has 1 rings (SSSR count). The minimum absolute atomic E-state index is 0.0541. The van der Waals surface area contributed by atoms with Gasteiger partial charge in [-0.25, -0.2) is 4.98 Å². The second kappa shape index (κ2) is 5.83. The van der Waals surface area contributed by atoms with Crippen LogP contribution in [-0.2, 0) is 0 Å². The molecule has 0 aliphatic rings. The second-order valence-electron chi connectivity index (χ2n) is 3.48. The molecule has 4 nitrogen and oxygen atoms in total. The molecule has 86 valence electrons. The van der Waals surface area contributed by atoms with Gasteiger partial charge in [0.2, 0.25) is 0 Å². The fourth-order valence-corrected chi connectivity index (χ4v) is 2.11. The van der Waals surface area contributed by atoms with Crippen molar-refractivity contribution >= 4 is 33.9 Å². The van der Waals surface area contributed by atoms with Crippen molar-refractivity contribution in [1.29, 1.82) is 5.26 Å². The minimum atomic E-state index is -0.175. The molecule has 0 saturated carbocycles. The lowest BCUT2D eigenvalue weighted by Crippen LogP contribution is -2.23. The van der Waals surface area contributed by atoms with Crippen molar-refractivity contribution in [1.82, 2.24) is 4.98 Å². The van der Waals surface area contributed by atoms with Crippen molar-refractivity contribution in [3.8, 4) is 6.07 Å². The summed E-state index contributed by atoms with van der Waals surface area (Å²) in [6, 6.07) is 2.15. The minimum Gasteiger partial charge on any atom is -0.350 e. The molecule has 1 aromatic rings. The van der Waals surface area contributed by atoms with Crippen LogP contribution in [0.1, 0.15) is 17.4 Å². The average Bonchev–Trinajstić information content (AvgIpc) is 2.77.